The molecule has 0 amide bonds. The van der Waals surface area contributed by atoms with Crippen LogP contribution in [0.5, 0.6) is 0 Å². The minimum absolute atomic E-state index is 0.163. The third-order valence-corrected chi connectivity index (χ3v) is 7.35. The summed E-state index contributed by atoms with van der Waals surface area (Å²) in [7, 11) is 2.47. The van der Waals surface area contributed by atoms with Gasteiger partial charge < -0.3 is 10.5 Å². The molecular formula is C22H17N5O7S2. The van der Waals surface area contributed by atoms with Crippen LogP contribution in [0.15, 0.2) is 61.3 Å². The third-order valence-electron chi connectivity index (χ3n) is 5.19. The molecule has 0 saturated heterocycles. The smallest absolute Gasteiger partial charge is 0.338 e. The molecule has 0 atom stereocenters. The van der Waals surface area contributed by atoms with E-state index < -0.39 is 40.1 Å². The van der Waals surface area contributed by atoms with Gasteiger partial charge in [-0.3, -0.25) is 28.8 Å². The number of ketones is 1. The van der Waals surface area contributed by atoms with Gasteiger partial charge in [-0.15, -0.1) is 11.3 Å². The van der Waals surface area contributed by atoms with Crippen molar-refractivity contribution >= 4 is 56.6 Å². The molecule has 2 N–H and O–H groups in total. The highest BCUT2D eigenvalue weighted by Gasteiger charge is 2.24. The van der Waals surface area contributed by atoms with E-state index in [0.29, 0.717) is 8.91 Å². The Bertz CT molecular complexity index is 1640. The molecule has 4 rings (SSSR count). The quantitative estimate of drug-likeness (QED) is 0.163. The number of anilines is 1. The Morgan fingerprint density at radius 1 is 1.17 bits per heavy atom. The first-order valence-corrected chi connectivity index (χ1v) is 11.8. The Labute approximate surface area is 210 Å². The summed E-state index contributed by atoms with van der Waals surface area (Å²) in [5.74, 6) is -2.30. The Morgan fingerprint density at radius 2 is 1.89 bits per heavy atom. The molecule has 2 heterocycles. The van der Waals surface area contributed by atoms with Crippen LogP contribution in [0, 0.1) is 10.1 Å². The second-order valence-electron chi connectivity index (χ2n) is 7.45. The molecule has 0 radical (unpaired) electrons. The van der Waals surface area contributed by atoms with E-state index in [1.165, 1.54) is 37.6 Å². The van der Waals surface area contributed by atoms with E-state index in [1.54, 1.807) is 0 Å². The van der Waals surface area contributed by atoms with Crippen LogP contribution < -0.4 is 17.0 Å². The van der Waals surface area contributed by atoms with E-state index in [4.69, 9.17) is 10.5 Å². The number of nitrogen functional groups attached to an aromatic ring is 1. The van der Waals surface area contributed by atoms with Crippen LogP contribution in [0.4, 0.5) is 11.5 Å². The fourth-order valence-corrected chi connectivity index (χ4v) is 5.38. The highest BCUT2D eigenvalue weighted by Crippen LogP contribution is 2.39. The maximum atomic E-state index is 12.5. The van der Waals surface area contributed by atoms with Gasteiger partial charge in [-0.05, 0) is 24.3 Å². The number of esters is 1. The van der Waals surface area contributed by atoms with E-state index in [9.17, 15) is 29.3 Å². The summed E-state index contributed by atoms with van der Waals surface area (Å²) in [6.07, 6.45) is 0. The van der Waals surface area contributed by atoms with Gasteiger partial charge in [-0.1, -0.05) is 23.9 Å². The SMILES string of the molecule is Cn1c(N)c(C(=O)COC(=O)c2ccc(Sc3nc4ccccc4s3)c([N+](=O)[O-])c2)c(=O)n(C)c1=O. The number of nitro groups is 1. The zero-order valence-corrected chi connectivity index (χ0v) is 20.4. The zero-order chi connectivity index (χ0) is 26.1. The van der Waals surface area contributed by atoms with Gasteiger partial charge >= 0.3 is 11.7 Å². The maximum absolute atomic E-state index is 12.5. The second kappa shape index (κ2) is 9.75. The molecule has 0 spiro atoms. The topological polar surface area (TPSA) is 169 Å². The standard InChI is InChI=1S/C22H17N5O7S2/c1-25-18(23)17(19(29)26(2)22(25)31)14(28)10-34-20(30)11-7-8-16(13(9-11)27(32)33)36-21-24-12-5-3-4-6-15(12)35-21/h3-9H,10,23H2,1-2H3. The van der Waals surface area contributed by atoms with Gasteiger partial charge in [0.25, 0.3) is 11.2 Å². The zero-order valence-electron chi connectivity index (χ0n) is 18.8. The summed E-state index contributed by atoms with van der Waals surface area (Å²) in [5.41, 5.74) is 3.86. The number of aromatic nitrogens is 3. The Hall–Kier alpha value is -4.30. The number of thiazole rings is 1. The number of nitro benzene ring substituents is 1. The number of fused-ring (bicyclic) bond motifs is 1. The van der Waals surface area contributed by atoms with Crippen molar-refractivity contribution in [1.29, 1.82) is 0 Å². The number of para-hydroxylation sites is 1. The number of nitrogens with two attached hydrogens (primary N) is 1. The van der Waals surface area contributed by atoms with Gasteiger partial charge in [0.15, 0.2) is 10.9 Å². The fourth-order valence-electron chi connectivity index (χ4n) is 3.27. The minimum Gasteiger partial charge on any atom is -0.454 e. The molecule has 4 aromatic rings. The Morgan fingerprint density at radius 3 is 2.58 bits per heavy atom. The molecule has 0 aliphatic carbocycles. The first-order chi connectivity index (χ1) is 17.1. The van der Waals surface area contributed by atoms with E-state index in [-0.39, 0.29) is 22.0 Å². The Kier molecular flexibility index (Phi) is 6.72. The largest absolute Gasteiger partial charge is 0.454 e. The van der Waals surface area contributed by atoms with E-state index in [1.807, 2.05) is 24.3 Å². The lowest BCUT2D eigenvalue weighted by atomic mass is 10.2. The van der Waals surface area contributed by atoms with Crippen LogP contribution in [0.25, 0.3) is 10.2 Å². The maximum Gasteiger partial charge on any atom is 0.338 e. The van der Waals surface area contributed by atoms with Crippen molar-refractivity contribution in [3.05, 3.63) is 84.5 Å². The summed E-state index contributed by atoms with van der Waals surface area (Å²) in [4.78, 5) is 65.0. The number of Topliss-reactive ketones (excluding diaryl/α,β-unsaturated/α-hetero) is 1. The number of rotatable bonds is 7. The predicted octanol–water partition coefficient (Wildman–Crippen LogP) is 2.38. The average molecular weight is 528 g/mol. The average Bonchev–Trinajstić information content (AvgIpc) is 3.27. The lowest BCUT2D eigenvalue weighted by Gasteiger charge is -2.11. The number of hydrogen-bond donors (Lipinski definition) is 1. The fraction of sp³-hybridized carbons (Fsp3) is 0.136. The summed E-state index contributed by atoms with van der Waals surface area (Å²) in [5, 5.41) is 11.7. The summed E-state index contributed by atoms with van der Waals surface area (Å²) in [6.45, 7) is -0.855. The second-order valence-corrected chi connectivity index (χ2v) is 9.77. The predicted molar refractivity (Wildman–Crippen MR) is 133 cm³/mol. The number of carbonyl (C=O) groups is 2. The van der Waals surface area contributed by atoms with Gasteiger partial charge in [-0.2, -0.15) is 0 Å². The molecule has 0 fully saturated rings. The lowest BCUT2D eigenvalue weighted by Crippen LogP contribution is -2.42. The molecule has 0 bridgehead atoms. The first kappa shape index (κ1) is 24.8. The molecule has 14 heteroatoms. The summed E-state index contributed by atoms with van der Waals surface area (Å²) in [6, 6.07) is 11.2. The monoisotopic (exact) mass is 527 g/mol. The molecule has 0 saturated carbocycles. The molecule has 2 aromatic heterocycles. The number of benzene rings is 2. The highest BCUT2D eigenvalue weighted by atomic mass is 32.2. The van der Waals surface area contributed by atoms with Crippen molar-refractivity contribution < 1.29 is 19.2 Å². The van der Waals surface area contributed by atoms with Gasteiger partial charge in [0, 0.05) is 20.2 Å². The number of carbonyl (C=O) groups excluding carboxylic acids is 2. The third kappa shape index (κ3) is 4.63. The number of nitrogens with zero attached hydrogens (tertiary/aromatic N) is 4. The van der Waals surface area contributed by atoms with Crippen LogP contribution in [-0.2, 0) is 18.8 Å². The van der Waals surface area contributed by atoms with Crippen LogP contribution in [-0.4, -0.2) is 37.4 Å². The van der Waals surface area contributed by atoms with Gasteiger partial charge in [0.05, 0.1) is 25.6 Å². The first-order valence-electron chi connectivity index (χ1n) is 10.2. The molecule has 0 aliphatic rings. The van der Waals surface area contributed by atoms with E-state index in [2.05, 4.69) is 4.98 Å². The van der Waals surface area contributed by atoms with Gasteiger partial charge in [0.1, 0.15) is 11.4 Å². The summed E-state index contributed by atoms with van der Waals surface area (Å²) >= 11 is 2.47. The van der Waals surface area contributed by atoms with Crippen molar-refractivity contribution in [2.75, 3.05) is 12.3 Å². The van der Waals surface area contributed by atoms with Crippen LogP contribution >= 0.6 is 23.1 Å². The van der Waals surface area contributed by atoms with E-state index in [0.717, 1.165) is 32.6 Å². The molecular weight excluding hydrogens is 510 g/mol. The van der Waals surface area contributed by atoms with Crippen LogP contribution in [0.3, 0.4) is 0 Å². The molecule has 12 nitrogen and oxygen atoms in total. The summed E-state index contributed by atoms with van der Waals surface area (Å²) < 4.78 is 8.13. The normalized spacial score (nSPS) is 10.9. The molecule has 36 heavy (non-hydrogen) atoms. The highest BCUT2D eigenvalue weighted by molar-refractivity contribution is 8.01. The molecule has 0 aliphatic heterocycles. The Balaban J connectivity index is 1.54. The van der Waals surface area contributed by atoms with Crippen LogP contribution in [0.1, 0.15) is 20.7 Å². The number of ether oxygens (including phenoxy) is 1. The number of hydrogen-bond acceptors (Lipinski definition) is 11. The molecule has 0 unspecified atom stereocenters. The van der Waals surface area contributed by atoms with Crippen molar-refractivity contribution in [3.63, 3.8) is 0 Å². The van der Waals surface area contributed by atoms with E-state index >= 15 is 0 Å². The molecule has 184 valence electrons. The van der Waals surface area contributed by atoms with Crippen molar-refractivity contribution in [2.24, 2.45) is 14.1 Å². The molecule has 2 aromatic carbocycles. The van der Waals surface area contributed by atoms with Crippen molar-refractivity contribution in [2.45, 2.75) is 9.24 Å². The lowest BCUT2D eigenvalue weighted by molar-refractivity contribution is -0.387. The van der Waals surface area contributed by atoms with Gasteiger partial charge in [-0.25, -0.2) is 14.6 Å². The van der Waals surface area contributed by atoms with Crippen molar-refractivity contribution in [3.8, 4) is 0 Å². The van der Waals surface area contributed by atoms with Gasteiger partial charge in [0.2, 0.25) is 5.78 Å². The van der Waals surface area contributed by atoms with Crippen LogP contribution in [0.2, 0.25) is 0 Å². The van der Waals surface area contributed by atoms with Crippen molar-refractivity contribution in [1.82, 2.24) is 14.1 Å². The minimum atomic E-state index is -1.01.